The van der Waals surface area contributed by atoms with Crippen molar-refractivity contribution in [2.24, 2.45) is 11.8 Å². The first-order valence-corrected chi connectivity index (χ1v) is 12.0. The lowest BCUT2D eigenvalue weighted by Gasteiger charge is -2.39. The number of aryl methyl sites for hydroxylation is 1. The summed E-state index contributed by atoms with van der Waals surface area (Å²) in [5.74, 6) is 2.50. The number of hydrogen-bond donors (Lipinski definition) is 0. The first-order chi connectivity index (χ1) is 15.9. The molecule has 0 N–H and O–H groups in total. The molecule has 172 valence electrons. The second kappa shape index (κ2) is 8.68. The summed E-state index contributed by atoms with van der Waals surface area (Å²) in [4.78, 5) is 24.4. The lowest BCUT2D eigenvalue weighted by Crippen LogP contribution is -2.52. The summed E-state index contributed by atoms with van der Waals surface area (Å²) in [6.07, 6.45) is 1.21. The number of likely N-dealkylation sites (tertiary alicyclic amines) is 1. The predicted octanol–water partition coefficient (Wildman–Crippen LogP) is 3.29. The number of anilines is 1. The second-order valence-corrected chi connectivity index (χ2v) is 9.94. The fourth-order valence-electron chi connectivity index (χ4n) is 5.60. The average Bonchev–Trinajstić information content (AvgIpc) is 3.18. The maximum absolute atomic E-state index is 12.9. The molecule has 0 saturated carbocycles. The Labute approximate surface area is 195 Å². The van der Waals surface area contributed by atoms with Crippen molar-refractivity contribution >= 4 is 28.4 Å². The summed E-state index contributed by atoms with van der Waals surface area (Å²) in [6, 6.07) is 12.5. The van der Waals surface area contributed by atoms with Crippen LogP contribution in [0.4, 0.5) is 5.82 Å². The number of hydrogen-bond acceptors (Lipinski definition) is 5. The molecule has 33 heavy (non-hydrogen) atoms. The number of fused-ring (bicyclic) bond motifs is 3. The van der Waals surface area contributed by atoms with Crippen molar-refractivity contribution in [1.29, 1.82) is 5.26 Å². The number of nitriles is 1. The Balaban J connectivity index is 1.35. The summed E-state index contributed by atoms with van der Waals surface area (Å²) in [5.41, 5.74) is 4.21. The minimum Gasteiger partial charge on any atom is -0.355 e. The first kappa shape index (κ1) is 21.7. The van der Waals surface area contributed by atoms with Crippen molar-refractivity contribution in [2.75, 3.05) is 50.7 Å². The van der Waals surface area contributed by atoms with Crippen molar-refractivity contribution in [3.8, 4) is 6.07 Å². The Morgan fingerprint density at radius 1 is 1.12 bits per heavy atom. The SMILES string of the molecule is Cc1cc(N2CCN(CC(=O)N3CC(C)CC(C)C3)CC2)n2c(nc3ccccc32)c1C#N. The largest absolute Gasteiger partial charge is 0.355 e. The van der Waals surface area contributed by atoms with E-state index in [1.807, 2.05) is 25.1 Å². The summed E-state index contributed by atoms with van der Waals surface area (Å²) in [7, 11) is 0. The van der Waals surface area contributed by atoms with Crippen LogP contribution in [0.5, 0.6) is 0 Å². The molecular weight excluding hydrogens is 412 g/mol. The third-order valence-corrected chi connectivity index (χ3v) is 7.14. The topological polar surface area (TPSA) is 67.9 Å². The highest BCUT2D eigenvalue weighted by Crippen LogP contribution is 2.29. The van der Waals surface area contributed by atoms with E-state index in [2.05, 4.69) is 51.1 Å². The lowest BCUT2D eigenvalue weighted by atomic mass is 9.92. The third kappa shape index (κ3) is 4.04. The molecule has 0 radical (unpaired) electrons. The maximum Gasteiger partial charge on any atom is 0.236 e. The number of benzene rings is 1. The first-order valence-electron chi connectivity index (χ1n) is 12.0. The molecular formula is C26H32N6O. The van der Waals surface area contributed by atoms with E-state index in [9.17, 15) is 10.1 Å². The van der Waals surface area contributed by atoms with Gasteiger partial charge in [-0.2, -0.15) is 5.26 Å². The van der Waals surface area contributed by atoms with E-state index in [-0.39, 0.29) is 5.91 Å². The molecule has 0 aliphatic carbocycles. The minimum absolute atomic E-state index is 0.263. The average molecular weight is 445 g/mol. The van der Waals surface area contributed by atoms with E-state index in [1.165, 1.54) is 6.42 Å². The van der Waals surface area contributed by atoms with Crippen LogP contribution in [0.15, 0.2) is 30.3 Å². The Morgan fingerprint density at radius 2 is 1.82 bits per heavy atom. The van der Waals surface area contributed by atoms with Gasteiger partial charge in [-0.15, -0.1) is 0 Å². The Bertz CT molecular complexity index is 1220. The normalized spacial score (nSPS) is 22.1. The van der Waals surface area contributed by atoms with E-state index in [4.69, 9.17) is 4.98 Å². The van der Waals surface area contributed by atoms with E-state index in [0.29, 0.717) is 23.9 Å². The molecule has 4 heterocycles. The van der Waals surface area contributed by atoms with E-state index in [1.54, 1.807) is 0 Å². The molecule has 1 aromatic carbocycles. The van der Waals surface area contributed by atoms with Gasteiger partial charge in [0.15, 0.2) is 5.65 Å². The van der Waals surface area contributed by atoms with Crippen LogP contribution in [0, 0.1) is 30.1 Å². The molecule has 7 heteroatoms. The quantitative estimate of drug-likeness (QED) is 0.620. The van der Waals surface area contributed by atoms with E-state index < -0.39 is 0 Å². The number of para-hydroxylation sites is 2. The monoisotopic (exact) mass is 444 g/mol. The standard InChI is InChI=1S/C26H32N6O/c1-18-12-19(2)16-31(15-18)25(33)17-29-8-10-30(11-9-29)24-13-20(3)21(14-27)26-28-22-6-4-5-7-23(22)32(24)26/h4-7,13,18-19H,8-12,15-17H2,1-3H3. The van der Waals surface area contributed by atoms with Crippen molar-refractivity contribution in [2.45, 2.75) is 27.2 Å². The molecule has 2 aliphatic rings. The number of piperidine rings is 1. The lowest BCUT2D eigenvalue weighted by molar-refractivity contribution is -0.135. The van der Waals surface area contributed by atoms with Crippen molar-refractivity contribution in [1.82, 2.24) is 19.2 Å². The number of imidazole rings is 1. The van der Waals surface area contributed by atoms with Gasteiger partial charge in [0, 0.05) is 39.3 Å². The molecule has 2 fully saturated rings. The molecule has 1 amide bonds. The zero-order valence-corrected chi connectivity index (χ0v) is 19.8. The predicted molar refractivity (Wildman–Crippen MR) is 130 cm³/mol. The minimum atomic E-state index is 0.263. The third-order valence-electron chi connectivity index (χ3n) is 7.14. The van der Waals surface area contributed by atoms with Gasteiger partial charge >= 0.3 is 0 Å². The number of carbonyl (C=O) groups excluding carboxylic acids is 1. The number of aromatic nitrogens is 2. The zero-order valence-electron chi connectivity index (χ0n) is 19.8. The highest BCUT2D eigenvalue weighted by atomic mass is 16.2. The highest BCUT2D eigenvalue weighted by molar-refractivity contribution is 5.85. The second-order valence-electron chi connectivity index (χ2n) is 9.94. The van der Waals surface area contributed by atoms with Crippen LogP contribution in [0.2, 0.25) is 0 Å². The van der Waals surface area contributed by atoms with Crippen LogP contribution in [0.3, 0.4) is 0 Å². The van der Waals surface area contributed by atoms with Gasteiger partial charge in [0.1, 0.15) is 11.9 Å². The van der Waals surface area contributed by atoms with Gasteiger partial charge in [0.05, 0.1) is 23.1 Å². The van der Waals surface area contributed by atoms with Crippen LogP contribution in [-0.4, -0.2) is 70.9 Å². The number of amides is 1. The van der Waals surface area contributed by atoms with Crippen LogP contribution in [0.25, 0.3) is 16.7 Å². The zero-order chi connectivity index (χ0) is 23.1. The van der Waals surface area contributed by atoms with Crippen LogP contribution in [-0.2, 0) is 4.79 Å². The van der Waals surface area contributed by atoms with Gasteiger partial charge < -0.3 is 9.80 Å². The molecule has 0 spiro atoms. The van der Waals surface area contributed by atoms with Crippen molar-refractivity contribution in [3.05, 3.63) is 41.5 Å². The Morgan fingerprint density at radius 3 is 2.52 bits per heavy atom. The molecule has 3 aromatic rings. The number of piperazine rings is 1. The summed E-state index contributed by atoms with van der Waals surface area (Å²) in [6.45, 7) is 12.1. The van der Waals surface area contributed by atoms with Gasteiger partial charge in [-0.1, -0.05) is 26.0 Å². The number of rotatable bonds is 3. The fraction of sp³-hybridized carbons (Fsp3) is 0.500. The van der Waals surface area contributed by atoms with Gasteiger partial charge in [-0.3, -0.25) is 14.1 Å². The van der Waals surface area contributed by atoms with E-state index in [0.717, 1.165) is 67.3 Å². The molecule has 2 saturated heterocycles. The number of pyridine rings is 1. The molecule has 7 nitrogen and oxygen atoms in total. The summed E-state index contributed by atoms with van der Waals surface area (Å²) in [5, 5.41) is 9.74. The van der Waals surface area contributed by atoms with Crippen LogP contribution >= 0.6 is 0 Å². The molecule has 2 atom stereocenters. The molecule has 2 aliphatic heterocycles. The molecule has 0 bridgehead atoms. The number of nitrogens with zero attached hydrogens (tertiary/aromatic N) is 6. The highest BCUT2D eigenvalue weighted by Gasteiger charge is 2.28. The Hall–Kier alpha value is -3.11. The van der Waals surface area contributed by atoms with Crippen molar-refractivity contribution < 1.29 is 4.79 Å². The van der Waals surface area contributed by atoms with Gasteiger partial charge in [0.2, 0.25) is 5.91 Å². The van der Waals surface area contributed by atoms with Gasteiger partial charge in [0.25, 0.3) is 0 Å². The Kier molecular flexibility index (Phi) is 5.71. The van der Waals surface area contributed by atoms with Crippen molar-refractivity contribution in [3.63, 3.8) is 0 Å². The molecule has 2 aromatic heterocycles. The molecule has 5 rings (SSSR count). The van der Waals surface area contributed by atoms with Gasteiger partial charge in [-0.25, -0.2) is 4.98 Å². The van der Waals surface area contributed by atoms with Crippen LogP contribution < -0.4 is 4.90 Å². The van der Waals surface area contributed by atoms with Crippen LogP contribution in [0.1, 0.15) is 31.4 Å². The fourth-order valence-corrected chi connectivity index (χ4v) is 5.60. The smallest absolute Gasteiger partial charge is 0.236 e. The number of carbonyl (C=O) groups is 1. The van der Waals surface area contributed by atoms with Gasteiger partial charge in [-0.05, 0) is 48.9 Å². The maximum atomic E-state index is 12.9. The van der Waals surface area contributed by atoms with E-state index >= 15 is 0 Å². The summed E-state index contributed by atoms with van der Waals surface area (Å²) < 4.78 is 2.12. The summed E-state index contributed by atoms with van der Waals surface area (Å²) >= 11 is 0. The molecule has 2 unspecified atom stereocenters.